The van der Waals surface area contributed by atoms with Gasteiger partial charge in [0.1, 0.15) is 17.3 Å². The normalized spacial score (nSPS) is 12.8. The first-order chi connectivity index (χ1) is 9.38. The van der Waals surface area contributed by atoms with Crippen molar-refractivity contribution in [2.45, 2.75) is 46.7 Å². The quantitative estimate of drug-likeness (QED) is 0.763. The molecule has 1 unspecified atom stereocenters. The minimum absolute atomic E-state index is 0.0606. The Balaban J connectivity index is 2.94. The van der Waals surface area contributed by atoms with E-state index in [-0.39, 0.29) is 11.7 Å². The minimum atomic E-state index is -0.492. The highest BCUT2D eigenvalue weighted by Crippen LogP contribution is 2.27. The van der Waals surface area contributed by atoms with Crippen LogP contribution >= 0.6 is 0 Å². The molecule has 0 aliphatic carbocycles. The standard InChI is InChI=1S/C16H26F2N2/c1-6-7-19-10-13-8-14(17)16(15(18)9-13)20(5)12(4)11(2)3/h8-9,11-12,19H,6-7,10H2,1-5H3. The van der Waals surface area contributed by atoms with Crippen LogP contribution in [0.15, 0.2) is 12.1 Å². The van der Waals surface area contributed by atoms with Crippen molar-refractivity contribution < 1.29 is 8.78 Å². The molecule has 0 aliphatic rings. The third-order valence-electron chi connectivity index (χ3n) is 3.76. The Bertz CT molecular complexity index is 409. The SMILES string of the molecule is CCCNCc1cc(F)c(N(C)C(C)C(C)C)c(F)c1. The summed E-state index contributed by atoms with van der Waals surface area (Å²) in [6.07, 6.45) is 0.998. The van der Waals surface area contributed by atoms with Crippen molar-refractivity contribution in [2.24, 2.45) is 5.92 Å². The van der Waals surface area contributed by atoms with Crippen LogP contribution in [0.25, 0.3) is 0 Å². The first-order valence-electron chi connectivity index (χ1n) is 7.29. The van der Waals surface area contributed by atoms with E-state index >= 15 is 0 Å². The fourth-order valence-corrected chi connectivity index (χ4v) is 2.12. The van der Waals surface area contributed by atoms with Crippen LogP contribution in [0, 0.1) is 17.6 Å². The molecule has 2 nitrogen and oxygen atoms in total. The van der Waals surface area contributed by atoms with Crippen LogP contribution in [0.4, 0.5) is 14.5 Å². The van der Waals surface area contributed by atoms with Gasteiger partial charge in [-0.15, -0.1) is 0 Å². The van der Waals surface area contributed by atoms with Crippen molar-refractivity contribution >= 4 is 5.69 Å². The Morgan fingerprint density at radius 1 is 1.15 bits per heavy atom. The monoisotopic (exact) mass is 284 g/mol. The number of hydrogen-bond donors (Lipinski definition) is 1. The molecule has 0 spiro atoms. The number of nitrogens with one attached hydrogen (secondary N) is 1. The van der Waals surface area contributed by atoms with Crippen molar-refractivity contribution in [3.05, 3.63) is 29.3 Å². The Morgan fingerprint density at radius 3 is 2.15 bits per heavy atom. The van der Waals surface area contributed by atoms with Crippen LogP contribution in [0.2, 0.25) is 0 Å². The number of halogens is 2. The second-order valence-corrected chi connectivity index (χ2v) is 5.68. The lowest BCUT2D eigenvalue weighted by Gasteiger charge is -2.30. The summed E-state index contributed by atoms with van der Waals surface area (Å²) in [5.41, 5.74) is 0.702. The van der Waals surface area contributed by atoms with Crippen LogP contribution < -0.4 is 10.2 Å². The molecule has 0 bridgehead atoms. The fraction of sp³-hybridized carbons (Fsp3) is 0.625. The van der Waals surface area contributed by atoms with Gasteiger partial charge in [0.05, 0.1) is 0 Å². The fourth-order valence-electron chi connectivity index (χ4n) is 2.12. The molecule has 1 atom stereocenters. The molecule has 1 aromatic carbocycles. The molecule has 20 heavy (non-hydrogen) atoms. The van der Waals surface area contributed by atoms with E-state index in [2.05, 4.69) is 12.2 Å². The summed E-state index contributed by atoms with van der Waals surface area (Å²) >= 11 is 0. The van der Waals surface area contributed by atoms with Crippen molar-refractivity contribution in [3.63, 3.8) is 0 Å². The lowest BCUT2D eigenvalue weighted by atomic mass is 10.0. The molecule has 0 heterocycles. The molecule has 114 valence electrons. The highest BCUT2D eigenvalue weighted by Gasteiger charge is 2.21. The second-order valence-electron chi connectivity index (χ2n) is 5.68. The molecule has 0 aromatic heterocycles. The van der Waals surface area contributed by atoms with Crippen molar-refractivity contribution in [2.75, 3.05) is 18.5 Å². The van der Waals surface area contributed by atoms with Gasteiger partial charge in [-0.25, -0.2) is 8.78 Å². The van der Waals surface area contributed by atoms with Crippen LogP contribution in [0.1, 0.15) is 39.7 Å². The summed E-state index contributed by atoms with van der Waals surface area (Å²) in [7, 11) is 1.74. The van der Waals surface area contributed by atoms with E-state index in [1.54, 1.807) is 11.9 Å². The molecule has 0 saturated carbocycles. The third kappa shape index (κ3) is 4.17. The number of rotatable bonds is 7. The summed E-state index contributed by atoms with van der Waals surface area (Å²) in [4.78, 5) is 1.68. The van der Waals surface area contributed by atoms with Crippen LogP contribution in [0.3, 0.4) is 0 Å². The molecule has 1 rings (SSSR count). The minimum Gasteiger partial charge on any atom is -0.367 e. The van der Waals surface area contributed by atoms with E-state index in [0.29, 0.717) is 18.0 Å². The van der Waals surface area contributed by atoms with Gasteiger partial charge in [-0.2, -0.15) is 0 Å². The molecular formula is C16H26F2N2. The predicted octanol–water partition coefficient (Wildman–Crippen LogP) is 3.95. The third-order valence-corrected chi connectivity index (χ3v) is 3.76. The van der Waals surface area contributed by atoms with Gasteiger partial charge in [0.15, 0.2) is 0 Å². The molecule has 0 amide bonds. The van der Waals surface area contributed by atoms with Gasteiger partial charge in [0.25, 0.3) is 0 Å². The Labute approximate surface area is 121 Å². The highest BCUT2D eigenvalue weighted by atomic mass is 19.1. The summed E-state index contributed by atoms with van der Waals surface area (Å²) in [6.45, 7) is 9.44. The van der Waals surface area contributed by atoms with Crippen LogP contribution in [0.5, 0.6) is 0 Å². The molecule has 0 radical (unpaired) electrons. The van der Waals surface area contributed by atoms with Crippen molar-refractivity contribution in [3.8, 4) is 0 Å². The number of nitrogens with zero attached hydrogens (tertiary/aromatic N) is 1. The average molecular weight is 284 g/mol. The topological polar surface area (TPSA) is 15.3 Å². The second kappa shape index (κ2) is 7.58. The van der Waals surface area contributed by atoms with E-state index in [1.807, 2.05) is 20.8 Å². The zero-order valence-electron chi connectivity index (χ0n) is 13.1. The van der Waals surface area contributed by atoms with Gasteiger partial charge >= 0.3 is 0 Å². The van der Waals surface area contributed by atoms with E-state index in [9.17, 15) is 8.78 Å². The van der Waals surface area contributed by atoms with Crippen LogP contribution in [-0.4, -0.2) is 19.6 Å². The maximum Gasteiger partial charge on any atom is 0.149 e. The largest absolute Gasteiger partial charge is 0.367 e. The summed E-state index contributed by atoms with van der Waals surface area (Å²) < 4.78 is 28.4. The maximum absolute atomic E-state index is 14.2. The zero-order chi connectivity index (χ0) is 15.3. The Kier molecular flexibility index (Phi) is 6.40. The smallest absolute Gasteiger partial charge is 0.149 e. The Hall–Kier alpha value is -1.16. The van der Waals surface area contributed by atoms with Gasteiger partial charge in [-0.3, -0.25) is 0 Å². The lowest BCUT2D eigenvalue weighted by Crippen LogP contribution is -2.34. The summed E-state index contributed by atoms with van der Waals surface area (Å²) in [5, 5.41) is 3.15. The number of anilines is 1. The first-order valence-corrected chi connectivity index (χ1v) is 7.29. The van der Waals surface area contributed by atoms with Gasteiger partial charge in [0, 0.05) is 19.6 Å². The van der Waals surface area contributed by atoms with E-state index in [0.717, 1.165) is 13.0 Å². The lowest BCUT2D eigenvalue weighted by molar-refractivity contribution is 0.485. The Morgan fingerprint density at radius 2 is 1.70 bits per heavy atom. The number of hydrogen-bond acceptors (Lipinski definition) is 2. The van der Waals surface area contributed by atoms with Gasteiger partial charge in [-0.05, 0) is 43.5 Å². The van der Waals surface area contributed by atoms with Crippen molar-refractivity contribution in [1.82, 2.24) is 5.32 Å². The zero-order valence-corrected chi connectivity index (χ0v) is 13.1. The molecule has 1 N–H and O–H groups in total. The van der Waals surface area contributed by atoms with Crippen molar-refractivity contribution in [1.29, 1.82) is 0 Å². The maximum atomic E-state index is 14.2. The molecule has 4 heteroatoms. The number of benzene rings is 1. The van der Waals surface area contributed by atoms with Gasteiger partial charge in [0.2, 0.25) is 0 Å². The predicted molar refractivity (Wildman–Crippen MR) is 81.1 cm³/mol. The molecular weight excluding hydrogens is 258 g/mol. The summed E-state index contributed by atoms with van der Waals surface area (Å²) in [6, 6.07) is 2.91. The summed E-state index contributed by atoms with van der Waals surface area (Å²) in [5.74, 6) is -0.661. The highest BCUT2D eigenvalue weighted by molar-refractivity contribution is 5.51. The first kappa shape index (κ1) is 16.9. The van der Waals surface area contributed by atoms with Gasteiger partial charge < -0.3 is 10.2 Å². The van der Waals surface area contributed by atoms with E-state index in [4.69, 9.17) is 0 Å². The van der Waals surface area contributed by atoms with Crippen LogP contribution in [-0.2, 0) is 6.54 Å². The molecule has 0 saturated heterocycles. The molecule has 1 aromatic rings. The van der Waals surface area contributed by atoms with E-state index in [1.165, 1.54) is 12.1 Å². The molecule has 0 fully saturated rings. The molecule has 0 aliphatic heterocycles. The average Bonchev–Trinajstić information content (AvgIpc) is 2.37. The van der Waals surface area contributed by atoms with Gasteiger partial charge in [-0.1, -0.05) is 20.8 Å². The van der Waals surface area contributed by atoms with E-state index < -0.39 is 11.6 Å².